The molecule has 2 aliphatic rings. The zero-order chi connectivity index (χ0) is 9.97. The number of alkyl halides is 1. The summed E-state index contributed by atoms with van der Waals surface area (Å²) in [6.45, 7) is 2.41. The van der Waals surface area contributed by atoms with Crippen LogP contribution in [0.15, 0.2) is 0 Å². The summed E-state index contributed by atoms with van der Waals surface area (Å²) in [6, 6.07) is 0. The Morgan fingerprint density at radius 3 is 2.79 bits per heavy atom. The Bertz CT molecular complexity index is 183. The highest BCUT2D eigenvalue weighted by molar-refractivity contribution is 7.99. The first kappa shape index (κ1) is 11.1. The van der Waals surface area contributed by atoms with Crippen molar-refractivity contribution in [2.75, 3.05) is 11.5 Å². The van der Waals surface area contributed by atoms with Gasteiger partial charge in [0.1, 0.15) is 0 Å². The highest BCUT2D eigenvalue weighted by Crippen LogP contribution is 2.38. The summed E-state index contributed by atoms with van der Waals surface area (Å²) < 4.78 is 0. The Morgan fingerprint density at radius 2 is 2.14 bits per heavy atom. The summed E-state index contributed by atoms with van der Waals surface area (Å²) in [6.07, 6.45) is 7.25. The van der Waals surface area contributed by atoms with Crippen molar-refractivity contribution in [3.63, 3.8) is 0 Å². The van der Waals surface area contributed by atoms with Gasteiger partial charge in [-0.25, -0.2) is 0 Å². The lowest BCUT2D eigenvalue weighted by Crippen LogP contribution is -2.20. The monoisotopic (exact) mass is 232 g/mol. The Balaban J connectivity index is 1.78. The fourth-order valence-corrected chi connectivity index (χ4v) is 4.86. The SMILES string of the molecule is CC1CCCC(CC2CSCC2Cl)C1. The Kier molecular flexibility index (Phi) is 4.07. The Labute approximate surface area is 97.2 Å². The van der Waals surface area contributed by atoms with Crippen molar-refractivity contribution in [1.29, 1.82) is 0 Å². The maximum atomic E-state index is 6.31. The molecule has 1 saturated carbocycles. The van der Waals surface area contributed by atoms with Crippen LogP contribution in [-0.2, 0) is 0 Å². The van der Waals surface area contributed by atoms with Crippen LogP contribution in [0, 0.1) is 17.8 Å². The van der Waals surface area contributed by atoms with E-state index in [-0.39, 0.29) is 0 Å². The highest BCUT2D eigenvalue weighted by Gasteiger charge is 2.29. The molecule has 4 unspecified atom stereocenters. The molecular formula is C12H21ClS. The van der Waals surface area contributed by atoms with Gasteiger partial charge in [0.2, 0.25) is 0 Å². The van der Waals surface area contributed by atoms with Gasteiger partial charge >= 0.3 is 0 Å². The van der Waals surface area contributed by atoms with Gasteiger partial charge in [0.15, 0.2) is 0 Å². The zero-order valence-corrected chi connectivity index (χ0v) is 10.6. The quantitative estimate of drug-likeness (QED) is 0.644. The number of thioether (sulfide) groups is 1. The molecule has 1 heterocycles. The van der Waals surface area contributed by atoms with E-state index in [0.717, 1.165) is 17.8 Å². The summed E-state index contributed by atoms with van der Waals surface area (Å²) in [4.78, 5) is 0. The van der Waals surface area contributed by atoms with E-state index < -0.39 is 0 Å². The van der Waals surface area contributed by atoms with Crippen LogP contribution in [0.25, 0.3) is 0 Å². The first-order chi connectivity index (χ1) is 6.75. The first-order valence-corrected chi connectivity index (χ1v) is 7.56. The predicted octanol–water partition coefficient (Wildman–Crippen LogP) is 4.17. The third-order valence-electron chi connectivity index (χ3n) is 3.80. The normalized spacial score (nSPS) is 44.1. The molecule has 0 spiro atoms. The molecule has 0 aromatic heterocycles. The van der Waals surface area contributed by atoms with Crippen LogP contribution >= 0.6 is 23.4 Å². The molecule has 1 saturated heterocycles. The van der Waals surface area contributed by atoms with E-state index in [1.807, 2.05) is 11.8 Å². The van der Waals surface area contributed by atoms with Crippen molar-refractivity contribution in [3.8, 4) is 0 Å². The van der Waals surface area contributed by atoms with Crippen LogP contribution in [0.1, 0.15) is 39.0 Å². The Hall–Kier alpha value is 0.640. The summed E-state index contributed by atoms with van der Waals surface area (Å²) in [5.74, 6) is 5.28. The molecular weight excluding hydrogens is 212 g/mol. The zero-order valence-electron chi connectivity index (χ0n) is 9.05. The lowest BCUT2D eigenvalue weighted by molar-refractivity contribution is 0.246. The largest absolute Gasteiger partial charge is 0.160 e. The topological polar surface area (TPSA) is 0 Å². The third-order valence-corrected chi connectivity index (χ3v) is 5.75. The molecule has 82 valence electrons. The van der Waals surface area contributed by atoms with Gasteiger partial charge in [0.25, 0.3) is 0 Å². The summed E-state index contributed by atoms with van der Waals surface area (Å²) >= 11 is 8.36. The number of halogens is 1. The molecule has 0 aromatic rings. The minimum Gasteiger partial charge on any atom is -0.160 e. The van der Waals surface area contributed by atoms with Crippen molar-refractivity contribution in [2.45, 2.75) is 44.4 Å². The second-order valence-corrected chi connectivity index (χ2v) is 6.82. The predicted molar refractivity (Wildman–Crippen MR) is 66.2 cm³/mol. The standard InChI is InChI=1S/C12H21ClS/c1-9-3-2-4-10(5-9)6-11-7-14-8-12(11)13/h9-12H,2-8H2,1H3. The van der Waals surface area contributed by atoms with E-state index in [0.29, 0.717) is 5.38 Å². The number of hydrogen-bond acceptors (Lipinski definition) is 1. The van der Waals surface area contributed by atoms with Crippen molar-refractivity contribution >= 4 is 23.4 Å². The van der Waals surface area contributed by atoms with Gasteiger partial charge in [-0.3, -0.25) is 0 Å². The smallest absolute Gasteiger partial charge is 0.0462 e. The average molecular weight is 233 g/mol. The van der Waals surface area contributed by atoms with E-state index in [2.05, 4.69) is 6.92 Å². The molecule has 0 amide bonds. The van der Waals surface area contributed by atoms with Gasteiger partial charge in [0, 0.05) is 11.1 Å². The molecule has 0 aromatic carbocycles. The van der Waals surface area contributed by atoms with Crippen molar-refractivity contribution < 1.29 is 0 Å². The van der Waals surface area contributed by atoms with Crippen LogP contribution in [0.4, 0.5) is 0 Å². The van der Waals surface area contributed by atoms with Crippen LogP contribution < -0.4 is 0 Å². The van der Waals surface area contributed by atoms with Crippen molar-refractivity contribution in [1.82, 2.24) is 0 Å². The third kappa shape index (κ3) is 2.82. The van der Waals surface area contributed by atoms with Gasteiger partial charge in [-0.05, 0) is 36.3 Å². The molecule has 0 N–H and O–H groups in total. The summed E-state index contributed by atoms with van der Waals surface area (Å²) in [5.41, 5.74) is 0. The minimum absolute atomic E-state index is 0.470. The van der Waals surface area contributed by atoms with Crippen LogP contribution in [0.2, 0.25) is 0 Å². The van der Waals surface area contributed by atoms with E-state index >= 15 is 0 Å². The number of rotatable bonds is 2. The summed E-state index contributed by atoms with van der Waals surface area (Å²) in [7, 11) is 0. The average Bonchev–Trinajstić information content (AvgIpc) is 2.52. The fraction of sp³-hybridized carbons (Fsp3) is 1.00. The second-order valence-electron chi connectivity index (χ2n) is 5.19. The second kappa shape index (κ2) is 5.12. The molecule has 2 rings (SSSR count). The molecule has 1 aliphatic carbocycles. The van der Waals surface area contributed by atoms with E-state index in [1.54, 1.807) is 0 Å². The van der Waals surface area contributed by atoms with Gasteiger partial charge in [-0.2, -0.15) is 11.8 Å². The molecule has 4 atom stereocenters. The lowest BCUT2D eigenvalue weighted by atomic mass is 9.78. The van der Waals surface area contributed by atoms with E-state index in [4.69, 9.17) is 11.6 Å². The number of hydrogen-bond donors (Lipinski definition) is 0. The lowest BCUT2D eigenvalue weighted by Gasteiger charge is -2.29. The minimum atomic E-state index is 0.470. The van der Waals surface area contributed by atoms with E-state index in [1.165, 1.54) is 43.6 Å². The maximum Gasteiger partial charge on any atom is 0.0462 e. The van der Waals surface area contributed by atoms with E-state index in [9.17, 15) is 0 Å². The van der Waals surface area contributed by atoms with Crippen LogP contribution in [0.5, 0.6) is 0 Å². The molecule has 14 heavy (non-hydrogen) atoms. The molecule has 2 heteroatoms. The highest BCUT2D eigenvalue weighted by atomic mass is 35.5. The first-order valence-electron chi connectivity index (χ1n) is 5.97. The van der Waals surface area contributed by atoms with Gasteiger partial charge in [-0.15, -0.1) is 11.6 Å². The molecule has 0 bridgehead atoms. The molecule has 1 aliphatic heterocycles. The van der Waals surface area contributed by atoms with Crippen LogP contribution in [-0.4, -0.2) is 16.9 Å². The van der Waals surface area contributed by atoms with Gasteiger partial charge in [0.05, 0.1) is 0 Å². The van der Waals surface area contributed by atoms with Gasteiger partial charge < -0.3 is 0 Å². The molecule has 0 radical (unpaired) electrons. The Morgan fingerprint density at radius 1 is 1.29 bits per heavy atom. The fourth-order valence-electron chi connectivity index (χ4n) is 2.99. The maximum absolute atomic E-state index is 6.31. The molecule has 0 nitrogen and oxygen atoms in total. The molecule has 2 fully saturated rings. The van der Waals surface area contributed by atoms with Crippen LogP contribution in [0.3, 0.4) is 0 Å². The van der Waals surface area contributed by atoms with Gasteiger partial charge in [-0.1, -0.05) is 26.2 Å². The summed E-state index contributed by atoms with van der Waals surface area (Å²) in [5, 5.41) is 0.470. The van der Waals surface area contributed by atoms with Crippen molar-refractivity contribution in [3.05, 3.63) is 0 Å². The van der Waals surface area contributed by atoms with Crippen molar-refractivity contribution in [2.24, 2.45) is 17.8 Å².